The maximum absolute atomic E-state index is 12.8. The van der Waals surface area contributed by atoms with E-state index in [-0.39, 0.29) is 18.2 Å². The van der Waals surface area contributed by atoms with Crippen LogP contribution < -0.4 is 15.4 Å². The number of carbonyl (C=O) groups excluding carboxylic acids is 2. The molecule has 0 aliphatic heterocycles. The summed E-state index contributed by atoms with van der Waals surface area (Å²) in [6.45, 7) is 6.05. The zero-order chi connectivity index (χ0) is 24.8. The molecular formula is C28H27N3O4. The van der Waals surface area contributed by atoms with E-state index >= 15 is 0 Å². The molecule has 2 N–H and O–H groups in total. The molecule has 0 unspecified atom stereocenters. The highest BCUT2D eigenvalue weighted by molar-refractivity contribution is 6.10. The van der Waals surface area contributed by atoms with Gasteiger partial charge in [-0.3, -0.25) is 9.59 Å². The summed E-state index contributed by atoms with van der Waals surface area (Å²) in [5, 5.41) is 9.67. The average molecular weight is 470 g/mol. The van der Waals surface area contributed by atoms with Crippen molar-refractivity contribution in [3.05, 3.63) is 107 Å². The molecule has 1 aromatic heterocycles. The van der Waals surface area contributed by atoms with Crippen LogP contribution >= 0.6 is 0 Å². The fraction of sp³-hybridized carbons (Fsp3) is 0.179. The molecule has 0 fully saturated rings. The Kier molecular flexibility index (Phi) is 7.26. The number of nitrogens with one attached hydrogen (secondary N) is 2. The number of aromatic nitrogens is 1. The largest absolute Gasteiger partial charge is 0.489 e. The molecule has 0 aliphatic rings. The number of rotatable bonds is 8. The van der Waals surface area contributed by atoms with Gasteiger partial charge >= 0.3 is 0 Å². The van der Waals surface area contributed by atoms with Crippen LogP contribution in [0.25, 0.3) is 0 Å². The summed E-state index contributed by atoms with van der Waals surface area (Å²) in [6, 6.07) is 21.8. The molecule has 0 atom stereocenters. The van der Waals surface area contributed by atoms with Gasteiger partial charge < -0.3 is 19.9 Å². The predicted octanol–water partition coefficient (Wildman–Crippen LogP) is 5.61. The second kappa shape index (κ2) is 10.7. The van der Waals surface area contributed by atoms with Gasteiger partial charge in [-0.2, -0.15) is 0 Å². The summed E-state index contributed by atoms with van der Waals surface area (Å²) in [6.07, 6.45) is 0.165. The molecule has 4 rings (SSSR count). The first-order valence-corrected chi connectivity index (χ1v) is 11.3. The van der Waals surface area contributed by atoms with E-state index in [0.717, 1.165) is 28.1 Å². The van der Waals surface area contributed by atoms with Crippen molar-refractivity contribution in [1.29, 1.82) is 0 Å². The topological polar surface area (TPSA) is 93.5 Å². The second-order valence-electron chi connectivity index (χ2n) is 8.33. The van der Waals surface area contributed by atoms with Crippen molar-refractivity contribution in [3.63, 3.8) is 0 Å². The summed E-state index contributed by atoms with van der Waals surface area (Å²) in [7, 11) is 0. The molecule has 3 aromatic carbocycles. The summed E-state index contributed by atoms with van der Waals surface area (Å²) in [5.74, 6) is 0.924. The number of amides is 2. The minimum atomic E-state index is -0.286. The van der Waals surface area contributed by atoms with E-state index in [2.05, 4.69) is 15.8 Å². The van der Waals surface area contributed by atoms with Gasteiger partial charge in [-0.05, 0) is 68.3 Å². The average Bonchev–Trinajstić information content (AvgIpc) is 3.16. The molecule has 0 radical (unpaired) electrons. The Morgan fingerprint density at radius 2 is 1.69 bits per heavy atom. The number of hydrogen-bond donors (Lipinski definition) is 2. The fourth-order valence-electron chi connectivity index (χ4n) is 3.66. The third-order valence-electron chi connectivity index (χ3n) is 5.57. The van der Waals surface area contributed by atoms with Crippen LogP contribution in [-0.2, 0) is 17.8 Å². The summed E-state index contributed by atoms with van der Waals surface area (Å²) in [5.41, 5.74) is 5.17. The zero-order valence-corrected chi connectivity index (χ0v) is 19.9. The number of anilines is 2. The molecular weight excluding hydrogens is 442 g/mol. The first-order chi connectivity index (χ1) is 16.9. The monoisotopic (exact) mass is 469 g/mol. The van der Waals surface area contributed by atoms with Crippen LogP contribution in [0.5, 0.6) is 5.75 Å². The first-order valence-electron chi connectivity index (χ1n) is 11.3. The maximum Gasteiger partial charge on any atom is 0.257 e. The lowest BCUT2D eigenvalue weighted by molar-refractivity contribution is -0.115. The number of nitrogens with zero attached hydrogens (tertiary/aromatic N) is 1. The molecule has 0 saturated carbocycles. The molecule has 0 saturated heterocycles. The SMILES string of the molecule is Cc1cccc(NC(=O)c2ccccc2NC(=O)Cc2ccc(OCc3c(C)noc3C)cc2)c1. The lowest BCUT2D eigenvalue weighted by atomic mass is 10.1. The molecule has 178 valence electrons. The van der Waals surface area contributed by atoms with Crippen molar-refractivity contribution in [2.24, 2.45) is 0 Å². The number of aryl methyl sites for hydroxylation is 3. The summed E-state index contributed by atoms with van der Waals surface area (Å²) in [4.78, 5) is 25.5. The van der Waals surface area contributed by atoms with E-state index in [4.69, 9.17) is 9.26 Å². The standard InChI is InChI=1S/C28H27N3O4/c1-18-7-6-8-22(15-18)29-28(33)24-9-4-5-10-26(24)30-27(32)16-21-11-13-23(14-12-21)34-17-25-19(2)31-35-20(25)3/h4-15H,16-17H2,1-3H3,(H,29,33)(H,30,32). The van der Waals surface area contributed by atoms with Crippen molar-refractivity contribution in [2.45, 2.75) is 33.8 Å². The van der Waals surface area contributed by atoms with Crippen LogP contribution in [0.4, 0.5) is 11.4 Å². The molecule has 7 heteroatoms. The smallest absolute Gasteiger partial charge is 0.257 e. The van der Waals surface area contributed by atoms with E-state index in [1.54, 1.807) is 24.3 Å². The normalized spacial score (nSPS) is 10.6. The van der Waals surface area contributed by atoms with Gasteiger partial charge in [-0.25, -0.2) is 0 Å². The van der Waals surface area contributed by atoms with Crippen LogP contribution in [-0.4, -0.2) is 17.0 Å². The van der Waals surface area contributed by atoms with Gasteiger partial charge in [0, 0.05) is 5.69 Å². The Morgan fingerprint density at radius 1 is 0.914 bits per heavy atom. The molecule has 35 heavy (non-hydrogen) atoms. The van der Waals surface area contributed by atoms with Crippen molar-refractivity contribution in [1.82, 2.24) is 5.16 Å². The van der Waals surface area contributed by atoms with Crippen molar-refractivity contribution in [3.8, 4) is 5.75 Å². The zero-order valence-electron chi connectivity index (χ0n) is 19.9. The number of ether oxygens (including phenoxy) is 1. The van der Waals surface area contributed by atoms with Gasteiger partial charge in [0.1, 0.15) is 18.1 Å². The third kappa shape index (κ3) is 6.14. The van der Waals surface area contributed by atoms with Crippen LogP contribution in [0.2, 0.25) is 0 Å². The summed E-state index contributed by atoms with van der Waals surface area (Å²) >= 11 is 0. The number of benzene rings is 3. The summed E-state index contributed by atoms with van der Waals surface area (Å²) < 4.78 is 11.0. The van der Waals surface area contributed by atoms with Gasteiger partial charge in [0.05, 0.1) is 28.9 Å². The molecule has 0 bridgehead atoms. The maximum atomic E-state index is 12.8. The van der Waals surface area contributed by atoms with Crippen LogP contribution in [0, 0.1) is 20.8 Å². The van der Waals surface area contributed by atoms with E-state index in [9.17, 15) is 9.59 Å². The Hall–Kier alpha value is -4.39. The molecule has 2 amide bonds. The van der Waals surface area contributed by atoms with Crippen LogP contribution in [0.15, 0.2) is 77.3 Å². The highest BCUT2D eigenvalue weighted by Crippen LogP contribution is 2.20. The van der Waals surface area contributed by atoms with E-state index in [0.29, 0.717) is 29.3 Å². The van der Waals surface area contributed by atoms with Crippen LogP contribution in [0.3, 0.4) is 0 Å². The molecule has 4 aromatic rings. The van der Waals surface area contributed by atoms with E-state index < -0.39 is 0 Å². The van der Waals surface area contributed by atoms with E-state index in [1.165, 1.54) is 0 Å². The Balaban J connectivity index is 1.36. The molecule has 0 aliphatic carbocycles. The Bertz CT molecular complexity index is 1320. The van der Waals surface area contributed by atoms with E-state index in [1.807, 2.05) is 69.3 Å². The predicted molar refractivity (Wildman–Crippen MR) is 135 cm³/mol. The highest BCUT2D eigenvalue weighted by atomic mass is 16.5. The highest BCUT2D eigenvalue weighted by Gasteiger charge is 2.14. The van der Waals surface area contributed by atoms with Gasteiger partial charge in [-0.1, -0.05) is 41.6 Å². The lowest BCUT2D eigenvalue weighted by Gasteiger charge is -2.12. The molecule has 7 nitrogen and oxygen atoms in total. The fourth-order valence-corrected chi connectivity index (χ4v) is 3.66. The van der Waals surface area contributed by atoms with Crippen molar-refractivity contribution in [2.75, 3.05) is 10.6 Å². The minimum absolute atomic E-state index is 0.165. The first kappa shape index (κ1) is 23.8. The van der Waals surface area contributed by atoms with Gasteiger partial charge in [0.15, 0.2) is 0 Å². The van der Waals surface area contributed by atoms with Gasteiger partial charge in [0.25, 0.3) is 5.91 Å². The number of para-hydroxylation sites is 1. The lowest BCUT2D eigenvalue weighted by Crippen LogP contribution is -2.19. The van der Waals surface area contributed by atoms with Crippen molar-refractivity contribution < 1.29 is 18.8 Å². The second-order valence-corrected chi connectivity index (χ2v) is 8.33. The third-order valence-corrected chi connectivity index (χ3v) is 5.57. The minimum Gasteiger partial charge on any atom is -0.489 e. The van der Waals surface area contributed by atoms with Crippen molar-refractivity contribution >= 4 is 23.2 Å². The van der Waals surface area contributed by atoms with Gasteiger partial charge in [0.2, 0.25) is 5.91 Å². The Labute approximate surface area is 204 Å². The van der Waals surface area contributed by atoms with Crippen LogP contribution in [0.1, 0.15) is 38.5 Å². The molecule has 1 heterocycles. The van der Waals surface area contributed by atoms with Gasteiger partial charge in [-0.15, -0.1) is 0 Å². The molecule has 0 spiro atoms. The Morgan fingerprint density at radius 3 is 2.40 bits per heavy atom. The quantitative estimate of drug-likeness (QED) is 0.350. The number of carbonyl (C=O) groups is 2. The number of hydrogen-bond acceptors (Lipinski definition) is 5.